The van der Waals surface area contributed by atoms with E-state index in [9.17, 15) is 8.42 Å². The maximum Gasteiger partial charge on any atom is 0.243 e. The van der Waals surface area contributed by atoms with E-state index in [0.717, 1.165) is 32.7 Å². The van der Waals surface area contributed by atoms with E-state index in [0.29, 0.717) is 29.7 Å². The molecule has 134 valence electrons. The van der Waals surface area contributed by atoms with Crippen molar-refractivity contribution in [3.8, 4) is 5.75 Å². The highest BCUT2D eigenvalue weighted by Gasteiger charge is 2.29. The molecule has 6 nitrogen and oxygen atoms in total. The Morgan fingerprint density at radius 1 is 1.17 bits per heavy atom. The molecule has 2 aliphatic rings. The zero-order chi connectivity index (χ0) is 17.0. The Bertz CT molecular complexity index is 619. The van der Waals surface area contributed by atoms with Gasteiger partial charge in [-0.15, -0.1) is 0 Å². The number of benzene rings is 1. The Morgan fingerprint density at radius 3 is 2.46 bits per heavy atom. The molecule has 1 aromatic rings. The van der Waals surface area contributed by atoms with Gasteiger partial charge in [0.15, 0.2) is 0 Å². The summed E-state index contributed by atoms with van der Waals surface area (Å²) >= 11 is 0. The minimum atomic E-state index is -3.40. The van der Waals surface area contributed by atoms with Crippen LogP contribution in [0.3, 0.4) is 0 Å². The van der Waals surface area contributed by atoms with Crippen molar-refractivity contribution in [2.24, 2.45) is 5.92 Å². The first-order chi connectivity index (χ1) is 11.6. The minimum Gasteiger partial charge on any atom is -0.497 e. The van der Waals surface area contributed by atoms with Gasteiger partial charge in [0.25, 0.3) is 0 Å². The number of ether oxygens (including phenoxy) is 1. The number of hydrogen-bond acceptors (Lipinski definition) is 5. The van der Waals surface area contributed by atoms with Gasteiger partial charge in [0.2, 0.25) is 10.0 Å². The van der Waals surface area contributed by atoms with Gasteiger partial charge in [-0.1, -0.05) is 0 Å². The van der Waals surface area contributed by atoms with Crippen LogP contribution >= 0.6 is 0 Å². The molecule has 0 saturated carbocycles. The first-order valence-electron chi connectivity index (χ1n) is 8.67. The molecule has 24 heavy (non-hydrogen) atoms. The average molecular weight is 353 g/mol. The third-order valence-corrected chi connectivity index (χ3v) is 6.86. The quantitative estimate of drug-likeness (QED) is 0.856. The second-order valence-corrected chi connectivity index (χ2v) is 8.53. The van der Waals surface area contributed by atoms with Crippen molar-refractivity contribution in [1.29, 1.82) is 0 Å². The molecule has 2 saturated heterocycles. The Morgan fingerprint density at radius 2 is 1.88 bits per heavy atom. The summed E-state index contributed by atoms with van der Waals surface area (Å²) in [6, 6.07) is 6.63. The SMILES string of the molecule is COc1ccc(S(=O)(=O)N2CCN(CC3CCCNC3)CC2)cc1. The van der Waals surface area contributed by atoms with E-state index in [1.165, 1.54) is 12.8 Å². The van der Waals surface area contributed by atoms with E-state index in [1.807, 2.05) is 0 Å². The predicted octanol–water partition coefficient (Wildman–Crippen LogP) is 1.00. The van der Waals surface area contributed by atoms with Gasteiger partial charge >= 0.3 is 0 Å². The van der Waals surface area contributed by atoms with Crippen LogP contribution in [0.25, 0.3) is 0 Å². The van der Waals surface area contributed by atoms with Crippen molar-refractivity contribution < 1.29 is 13.2 Å². The van der Waals surface area contributed by atoms with Gasteiger partial charge in [-0.3, -0.25) is 0 Å². The fourth-order valence-corrected chi connectivity index (χ4v) is 4.92. The maximum atomic E-state index is 12.7. The standard InChI is InChI=1S/C17H27N3O3S/c1-23-16-4-6-17(7-5-16)24(21,22)20-11-9-19(10-12-20)14-15-3-2-8-18-13-15/h4-7,15,18H,2-3,8-14H2,1H3. The van der Waals surface area contributed by atoms with Crippen molar-refractivity contribution in [3.63, 3.8) is 0 Å². The molecule has 0 radical (unpaired) electrons. The lowest BCUT2D eigenvalue weighted by atomic mass is 9.99. The van der Waals surface area contributed by atoms with Gasteiger partial charge in [-0.25, -0.2) is 8.42 Å². The summed E-state index contributed by atoms with van der Waals surface area (Å²) in [6.07, 6.45) is 2.52. The predicted molar refractivity (Wildman–Crippen MR) is 93.8 cm³/mol. The summed E-state index contributed by atoms with van der Waals surface area (Å²) in [4.78, 5) is 2.74. The van der Waals surface area contributed by atoms with Crippen LogP contribution in [0.5, 0.6) is 5.75 Å². The van der Waals surface area contributed by atoms with Gasteiger partial charge in [-0.05, 0) is 56.1 Å². The smallest absolute Gasteiger partial charge is 0.243 e. The lowest BCUT2D eigenvalue weighted by Crippen LogP contribution is -2.50. The molecule has 0 aromatic heterocycles. The van der Waals surface area contributed by atoms with E-state index in [4.69, 9.17) is 4.74 Å². The lowest BCUT2D eigenvalue weighted by molar-refractivity contribution is 0.154. The van der Waals surface area contributed by atoms with Gasteiger partial charge in [0, 0.05) is 32.7 Å². The Hall–Kier alpha value is -1.15. The van der Waals surface area contributed by atoms with Gasteiger partial charge in [-0.2, -0.15) is 4.31 Å². The van der Waals surface area contributed by atoms with Gasteiger partial charge < -0.3 is 15.0 Å². The molecule has 0 spiro atoms. The minimum absolute atomic E-state index is 0.341. The molecular weight excluding hydrogens is 326 g/mol. The number of methoxy groups -OCH3 is 1. The normalized spacial score (nSPS) is 24.0. The third kappa shape index (κ3) is 4.08. The van der Waals surface area contributed by atoms with E-state index >= 15 is 0 Å². The van der Waals surface area contributed by atoms with E-state index in [-0.39, 0.29) is 0 Å². The molecule has 0 aliphatic carbocycles. The fraction of sp³-hybridized carbons (Fsp3) is 0.647. The lowest BCUT2D eigenvalue weighted by Gasteiger charge is -2.36. The first-order valence-corrected chi connectivity index (χ1v) is 10.1. The summed E-state index contributed by atoms with van der Waals surface area (Å²) < 4.78 is 32.2. The molecule has 1 aromatic carbocycles. The zero-order valence-corrected chi connectivity index (χ0v) is 15.1. The molecule has 0 amide bonds. The van der Waals surface area contributed by atoms with Crippen LogP contribution in [0.15, 0.2) is 29.2 Å². The molecular formula is C17H27N3O3S. The molecule has 1 N–H and O–H groups in total. The van der Waals surface area contributed by atoms with Crippen molar-refractivity contribution in [2.75, 3.05) is 52.9 Å². The third-order valence-electron chi connectivity index (χ3n) is 4.94. The largest absolute Gasteiger partial charge is 0.497 e. The highest BCUT2D eigenvalue weighted by atomic mass is 32.2. The molecule has 7 heteroatoms. The van der Waals surface area contributed by atoms with Crippen LogP contribution in [0.1, 0.15) is 12.8 Å². The Kier molecular flexibility index (Phi) is 5.76. The number of nitrogens with one attached hydrogen (secondary N) is 1. The number of piperidine rings is 1. The number of sulfonamides is 1. The number of piperazine rings is 1. The monoisotopic (exact) mass is 353 g/mol. The topological polar surface area (TPSA) is 61.9 Å². The fourth-order valence-electron chi connectivity index (χ4n) is 3.49. The van der Waals surface area contributed by atoms with Crippen molar-refractivity contribution in [1.82, 2.24) is 14.5 Å². The second kappa shape index (κ2) is 7.82. The molecule has 1 atom stereocenters. The van der Waals surface area contributed by atoms with Gasteiger partial charge in [0.05, 0.1) is 12.0 Å². The Balaban J connectivity index is 1.56. The molecule has 1 unspecified atom stereocenters. The average Bonchev–Trinajstić information content (AvgIpc) is 2.63. The van der Waals surface area contributed by atoms with Crippen LogP contribution < -0.4 is 10.1 Å². The summed E-state index contributed by atoms with van der Waals surface area (Å²) in [6.45, 7) is 6.04. The number of rotatable bonds is 5. The first kappa shape index (κ1) is 17.7. The van der Waals surface area contributed by atoms with Crippen LogP contribution in [0, 0.1) is 5.92 Å². The summed E-state index contributed by atoms with van der Waals surface area (Å²) in [7, 11) is -1.83. The van der Waals surface area contributed by atoms with E-state index in [1.54, 1.807) is 35.7 Å². The second-order valence-electron chi connectivity index (χ2n) is 6.59. The Labute approximate surface area is 144 Å². The number of hydrogen-bond donors (Lipinski definition) is 1. The highest BCUT2D eigenvalue weighted by molar-refractivity contribution is 7.89. The summed E-state index contributed by atoms with van der Waals surface area (Å²) in [5.74, 6) is 1.36. The zero-order valence-electron chi connectivity index (χ0n) is 14.3. The van der Waals surface area contributed by atoms with Crippen LogP contribution in [0.2, 0.25) is 0 Å². The molecule has 3 rings (SSSR count). The van der Waals surface area contributed by atoms with E-state index in [2.05, 4.69) is 10.2 Å². The highest BCUT2D eigenvalue weighted by Crippen LogP contribution is 2.21. The van der Waals surface area contributed by atoms with Crippen LogP contribution in [-0.2, 0) is 10.0 Å². The van der Waals surface area contributed by atoms with E-state index < -0.39 is 10.0 Å². The van der Waals surface area contributed by atoms with Crippen molar-refractivity contribution >= 4 is 10.0 Å². The maximum absolute atomic E-state index is 12.7. The van der Waals surface area contributed by atoms with Crippen molar-refractivity contribution in [3.05, 3.63) is 24.3 Å². The van der Waals surface area contributed by atoms with Crippen LogP contribution in [0.4, 0.5) is 0 Å². The number of nitrogens with zero attached hydrogens (tertiary/aromatic N) is 2. The molecule has 0 bridgehead atoms. The van der Waals surface area contributed by atoms with Crippen LogP contribution in [-0.4, -0.2) is 70.5 Å². The summed E-state index contributed by atoms with van der Waals surface area (Å²) in [5, 5.41) is 3.45. The summed E-state index contributed by atoms with van der Waals surface area (Å²) in [5.41, 5.74) is 0. The van der Waals surface area contributed by atoms with Crippen molar-refractivity contribution in [2.45, 2.75) is 17.7 Å². The molecule has 2 fully saturated rings. The molecule has 2 aliphatic heterocycles. The van der Waals surface area contributed by atoms with Gasteiger partial charge in [0.1, 0.15) is 5.75 Å². The molecule has 2 heterocycles.